The van der Waals surface area contributed by atoms with Gasteiger partial charge in [-0.15, -0.1) is 0 Å². The van der Waals surface area contributed by atoms with Crippen LogP contribution in [0.4, 0.5) is 5.69 Å². The molecule has 5 rings (SSSR count). The predicted octanol–water partition coefficient (Wildman–Crippen LogP) is 5.78. The first-order valence-corrected chi connectivity index (χ1v) is 12.0. The van der Waals surface area contributed by atoms with Gasteiger partial charge in [0.15, 0.2) is 0 Å². The third-order valence-electron chi connectivity index (χ3n) is 6.59. The third-order valence-corrected chi connectivity index (χ3v) is 6.85. The molecule has 0 unspecified atom stereocenters. The molecular formula is C28H28ClN3O2. The van der Waals surface area contributed by atoms with Crippen molar-refractivity contribution >= 4 is 34.1 Å². The van der Waals surface area contributed by atoms with Gasteiger partial charge in [0.05, 0.1) is 12.8 Å². The van der Waals surface area contributed by atoms with Crippen LogP contribution in [0, 0.1) is 0 Å². The molecule has 0 aliphatic carbocycles. The molecule has 34 heavy (non-hydrogen) atoms. The van der Waals surface area contributed by atoms with Crippen LogP contribution in [0.3, 0.4) is 0 Å². The number of methoxy groups -OCH3 is 1. The van der Waals surface area contributed by atoms with Crippen molar-refractivity contribution in [1.82, 2.24) is 9.88 Å². The number of para-hydroxylation sites is 3. The summed E-state index contributed by atoms with van der Waals surface area (Å²) in [6.07, 6.45) is 1.17. The second-order valence-corrected chi connectivity index (χ2v) is 9.01. The Kier molecular flexibility index (Phi) is 6.45. The van der Waals surface area contributed by atoms with E-state index in [1.54, 1.807) is 7.11 Å². The molecule has 1 amide bonds. The fourth-order valence-corrected chi connectivity index (χ4v) is 4.93. The van der Waals surface area contributed by atoms with Crippen LogP contribution in [0.5, 0.6) is 5.75 Å². The van der Waals surface area contributed by atoms with Gasteiger partial charge >= 0.3 is 0 Å². The lowest BCUT2D eigenvalue weighted by Gasteiger charge is -2.36. The lowest BCUT2D eigenvalue weighted by atomic mass is 10.0. The minimum atomic E-state index is 0.201. The number of aromatic amines is 1. The fraction of sp³-hybridized carbons (Fsp3) is 0.250. The maximum Gasteiger partial charge on any atom is 0.223 e. The van der Waals surface area contributed by atoms with Gasteiger partial charge in [0.2, 0.25) is 5.91 Å². The molecule has 5 nitrogen and oxygen atoms in total. The summed E-state index contributed by atoms with van der Waals surface area (Å²) >= 11 is 6.10. The Hall–Kier alpha value is -3.44. The van der Waals surface area contributed by atoms with Crippen LogP contribution in [-0.2, 0) is 11.2 Å². The molecule has 3 aromatic carbocycles. The van der Waals surface area contributed by atoms with E-state index < -0.39 is 0 Å². The number of anilines is 1. The number of rotatable bonds is 6. The van der Waals surface area contributed by atoms with E-state index in [0.717, 1.165) is 54.4 Å². The van der Waals surface area contributed by atoms with Gasteiger partial charge in [-0.2, -0.15) is 0 Å². The first kappa shape index (κ1) is 22.4. The van der Waals surface area contributed by atoms with Crippen molar-refractivity contribution in [2.75, 3.05) is 38.2 Å². The van der Waals surface area contributed by atoms with Crippen molar-refractivity contribution in [3.05, 3.63) is 83.4 Å². The van der Waals surface area contributed by atoms with Crippen LogP contribution in [-0.4, -0.2) is 49.1 Å². The molecule has 1 saturated heterocycles. The number of carbonyl (C=O) groups excluding carboxylic acids is 1. The number of piperazine rings is 1. The van der Waals surface area contributed by atoms with E-state index in [4.69, 9.17) is 16.3 Å². The molecule has 0 saturated carbocycles. The zero-order chi connectivity index (χ0) is 23.5. The summed E-state index contributed by atoms with van der Waals surface area (Å²) in [5.41, 5.74) is 5.49. The zero-order valence-electron chi connectivity index (χ0n) is 19.3. The van der Waals surface area contributed by atoms with E-state index in [-0.39, 0.29) is 5.91 Å². The van der Waals surface area contributed by atoms with Crippen LogP contribution in [0.2, 0.25) is 5.02 Å². The smallest absolute Gasteiger partial charge is 0.223 e. The van der Waals surface area contributed by atoms with Crippen LogP contribution >= 0.6 is 11.6 Å². The van der Waals surface area contributed by atoms with E-state index in [9.17, 15) is 4.79 Å². The Bertz CT molecular complexity index is 1290. The van der Waals surface area contributed by atoms with Crippen molar-refractivity contribution in [1.29, 1.82) is 0 Å². The Labute approximate surface area is 204 Å². The number of halogens is 1. The van der Waals surface area contributed by atoms with Gasteiger partial charge in [-0.05, 0) is 47.9 Å². The largest absolute Gasteiger partial charge is 0.495 e. The standard InChI is InChI=1S/C28H28ClN3O2/c1-34-26-9-5-4-8-25(26)31-16-18-32(19-17-31)27(33)15-14-23-22-6-2-3-7-24(22)30-28(23)20-10-12-21(29)13-11-20/h2-13,30H,14-19H2,1H3. The van der Waals surface area contributed by atoms with Gasteiger partial charge < -0.3 is 19.5 Å². The van der Waals surface area contributed by atoms with E-state index in [2.05, 4.69) is 28.1 Å². The zero-order valence-corrected chi connectivity index (χ0v) is 20.0. The summed E-state index contributed by atoms with van der Waals surface area (Å²) in [6, 6.07) is 24.2. The summed E-state index contributed by atoms with van der Waals surface area (Å²) in [4.78, 5) is 21.0. The summed E-state index contributed by atoms with van der Waals surface area (Å²) < 4.78 is 5.51. The number of aryl methyl sites for hydroxylation is 1. The number of nitrogens with one attached hydrogen (secondary N) is 1. The molecule has 6 heteroatoms. The average Bonchev–Trinajstić information content (AvgIpc) is 3.26. The van der Waals surface area contributed by atoms with Crippen molar-refractivity contribution in [3.8, 4) is 17.0 Å². The Morgan fingerprint density at radius 1 is 0.941 bits per heavy atom. The lowest BCUT2D eigenvalue weighted by molar-refractivity contribution is -0.131. The molecule has 174 valence electrons. The Balaban J connectivity index is 1.28. The lowest BCUT2D eigenvalue weighted by Crippen LogP contribution is -2.48. The van der Waals surface area contributed by atoms with Gasteiger partial charge in [-0.1, -0.05) is 54.1 Å². The third kappa shape index (κ3) is 4.48. The monoisotopic (exact) mass is 473 g/mol. The number of amides is 1. The first-order chi connectivity index (χ1) is 16.6. The van der Waals surface area contributed by atoms with E-state index >= 15 is 0 Å². The second-order valence-electron chi connectivity index (χ2n) is 8.57. The van der Waals surface area contributed by atoms with Crippen molar-refractivity contribution in [2.24, 2.45) is 0 Å². The van der Waals surface area contributed by atoms with Gasteiger partial charge in [0.25, 0.3) is 0 Å². The number of hydrogen-bond donors (Lipinski definition) is 1. The molecule has 0 radical (unpaired) electrons. The van der Waals surface area contributed by atoms with Gasteiger partial charge in [0.1, 0.15) is 5.75 Å². The maximum absolute atomic E-state index is 13.1. The Morgan fingerprint density at radius 2 is 1.65 bits per heavy atom. The summed E-state index contributed by atoms with van der Waals surface area (Å²) in [5, 5.41) is 1.88. The highest BCUT2D eigenvalue weighted by Crippen LogP contribution is 2.32. The number of H-pyrrole nitrogens is 1. The number of benzene rings is 3. The average molecular weight is 474 g/mol. The number of aromatic nitrogens is 1. The molecule has 0 bridgehead atoms. The molecule has 1 aromatic heterocycles. The van der Waals surface area contributed by atoms with Gasteiger partial charge in [-0.3, -0.25) is 4.79 Å². The molecule has 1 aliphatic heterocycles. The van der Waals surface area contributed by atoms with Crippen LogP contribution < -0.4 is 9.64 Å². The van der Waals surface area contributed by atoms with Gasteiger partial charge in [0, 0.05) is 54.2 Å². The minimum absolute atomic E-state index is 0.201. The van der Waals surface area contributed by atoms with Crippen molar-refractivity contribution in [3.63, 3.8) is 0 Å². The van der Waals surface area contributed by atoms with Crippen LogP contribution in [0.15, 0.2) is 72.8 Å². The number of hydrogen-bond acceptors (Lipinski definition) is 3. The van der Waals surface area contributed by atoms with Crippen molar-refractivity contribution < 1.29 is 9.53 Å². The number of nitrogens with zero attached hydrogens (tertiary/aromatic N) is 2. The summed E-state index contributed by atoms with van der Waals surface area (Å²) in [5.74, 6) is 1.07. The summed E-state index contributed by atoms with van der Waals surface area (Å²) in [7, 11) is 1.70. The highest BCUT2D eigenvalue weighted by molar-refractivity contribution is 6.30. The number of carbonyl (C=O) groups is 1. The van der Waals surface area contributed by atoms with Gasteiger partial charge in [-0.25, -0.2) is 0 Å². The predicted molar refractivity (Wildman–Crippen MR) is 139 cm³/mol. The molecule has 0 spiro atoms. The van der Waals surface area contributed by atoms with E-state index in [1.807, 2.05) is 59.5 Å². The molecule has 2 heterocycles. The molecule has 1 fully saturated rings. The van der Waals surface area contributed by atoms with Crippen LogP contribution in [0.25, 0.3) is 22.2 Å². The van der Waals surface area contributed by atoms with Crippen molar-refractivity contribution in [2.45, 2.75) is 12.8 Å². The number of fused-ring (bicyclic) bond motifs is 1. The SMILES string of the molecule is COc1ccccc1N1CCN(C(=O)CCc2c(-c3ccc(Cl)cc3)[nH]c3ccccc23)CC1. The fourth-order valence-electron chi connectivity index (χ4n) is 4.80. The molecular weight excluding hydrogens is 446 g/mol. The Morgan fingerprint density at radius 3 is 2.41 bits per heavy atom. The topological polar surface area (TPSA) is 48.6 Å². The molecule has 1 N–H and O–H groups in total. The van der Waals surface area contributed by atoms with E-state index in [0.29, 0.717) is 17.9 Å². The number of ether oxygens (including phenoxy) is 1. The first-order valence-electron chi connectivity index (χ1n) is 11.7. The minimum Gasteiger partial charge on any atom is -0.495 e. The molecule has 0 atom stereocenters. The summed E-state index contributed by atoms with van der Waals surface area (Å²) in [6.45, 7) is 3.04. The quantitative estimate of drug-likeness (QED) is 0.386. The molecule has 1 aliphatic rings. The highest BCUT2D eigenvalue weighted by Gasteiger charge is 2.23. The normalized spacial score (nSPS) is 13.9. The second kappa shape index (κ2) is 9.82. The van der Waals surface area contributed by atoms with Crippen LogP contribution in [0.1, 0.15) is 12.0 Å². The molecule has 4 aromatic rings. The van der Waals surface area contributed by atoms with E-state index in [1.165, 1.54) is 10.9 Å². The maximum atomic E-state index is 13.1. The highest BCUT2D eigenvalue weighted by atomic mass is 35.5.